The first kappa shape index (κ1) is 40.7. The summed E-state index contributed by atoms with van der Waals surface area (Å²) in [5, 5.41) is 32.1. The minimum absolute atomic E-state index is 0. The molecule has 6 N–H and O–H groups in total. The molecular weight excluding hydrogens is 593 g/mol. The van der Waals surface area contributed by atoms with Crippen LogP contribution >= 0.6 is 0 Å². The molecule has 0 saturated carbocycles. The van der Waals surface area contributed by atoms with Crippen LogP contribution in [0.25, 0.3) is 5.73 Å². The van der Waals surface area contributed by atoms with Crippen LogP contribution in [0.15, 0.2) is 0 Å². The predicted octanol–water partition coefficient (Wildman–Crippen LogP) is 3.08. The van der Waals surface area contributed by atoms with E-state index in [4.69, 9.17) is 35.2 Å². The van der Waals surface area contributed by atoms with E-state index in [1.54, 1.807) is 41.9 Å². The SMILES string of the molecule is CC[C@]1(C)C(C)(CO)O[C@@H](COC)C(C)([NH-])[C@]1(C)O.CC[C@]1(C)C(C)(COC)O[C@@H](COC)C(C)(N)[C@]1(C)O.[Y]. The van der Waals surface area contributed by atoms with Crippen molar-refractivity contribution in [2.24, 2.45) is 16.6 Å². The molecular formula is C29H59N2O8Y-. The van der Waals surface area contributed by atoms with E-state index in [-0.39, 0.29) is 45.9 Å². The number of nitrogens with two attached hydrogens (primary N) is 1. The quantitative estimate of drug-likeness (QED) is 0.294. The standard InChI is InChI=1S/C15H31NO4.C14H28NO4.Y/c1-8-12(2)13(3,10-19-7)20-11(9-18-6)14(4,16)15(12,5)17;1-7-11(2)12(3,9-16)19-10(8-18-6)13(4,15)14(11,5)17;/h11,17H,8-10,16H2,1-7H3;10,15-17H,7-9H2,1-6H3;/q;-1;/t11-,12+,13?,14?,15+;10-,11+,12?,13?,14+;/m00./s1. The van der Waals surface area contributed by atoms with Crippen LogP contribution in [0, 0.1) is 10.8 Å². The number of nitrogens with one attached hydrogen (secondary N) is 1. The molecule has 0 bridgehead atoms. The topological polar surface area (TPSA) is 157 Å². The van der Waals surface area contributed by atoms with Crippen LogP contribution in [0.3, 0.4) is 0 Å². The van der Waals surface area contributed by atoms with Crippen LogP contribution in [0.4, 0.5) is 0 Å². The molecule has 2 aliphatic heterocycles. The zero-order chi connectivity index (χ0) is 30.9. The van der Waals surface area contributed by atoms with E-state index in [9.17, 15) is 15.3 Å². The van der Waals surface area contributed by atoms with E-state index < -0.39 is 56.5 Å². The number of hydrogen-bond acceptors (Lipinski definition) is 9. The molecule has 10 atom stereocenters. The van der Waals surface area contributed by atoms with Gasteiger partial charge in [0.1, 0.15) is 6.10 Å². The van der Waals surface area contributed by atoms with Gasteiger partial charge in [0.2, 0.25) is 0 Å². The summed E-state index contributed by atoms with van der Waals surface area (Å²) in [4.78, 5) is 0. The van der Waals surface area contributed by atoms with Gasteiger partial charge in [-0.15, -0.1) is 0 Å². The Morgan fingerprint density at radius 2 is 1.12 bits per heavy atom. The normalized spacial score (nSPS) is 49.0. The Balaban J connectivity index is 0.000000743. The number of ether oxygens (including phenoxy) is 5. The van der Waals surface area contributed by atoms with Gasteiger partial charge < -0.3 is 50.5 Å². The van der Waals surface area contributed by atoms with Gasteiger partial charge >= 0.3 is 0 Å². The van der Waals surface area contributed by atoms with E-state index in [0.717, 1.165) is 6.42 Å². The molecule has 0 aromatic carbocycles. The van der Waals surface area contributed by atoms with Crippen molar-refractivity contribution in [1.29, 1.82) is 0 Å². The van der Waals surface area contributed by atoms with E-state index in [1.165, 1.54) is 7.11 Å². The minimum atomic E-state index is -1.31. The second kappa shape index (κ2) is 13.8. The van der Waals surface area contributed by atoms with E-state index >= 15 is 0 Å². The maximum Gasteiger partial charge on any atom is 0.102 e. The molecule has 1 radical (unpaired) electrons. The first-order valence-electron chi connectivity index (χ1n) is 14.0. The third kappa shape index (κ3) is 6.01. The second-order valence-electron chi connectivity index (χ2n) is 13.2. The summed E-state index contributed by atoms with van der Waals surface area (Å²) < 4.78 is 28.0. The predicted molar refractivity (Wildman–Crippen MR) is 153 cm³/mol. The third-order valence-electron chi connectivity index (χ3n) is 11.4. The Hall–Kier alpha value is 0.704. The Labute approximate surface area is 268 Å². The van der Waals surface area contributed by atoms with Crippen LogP contribution in [-0.4, -0.2) is 109 Å². The summed E-state index contributed by atoms with van der Waals surface area (Å²) in [5.41, 5.74) is 7.64. The van der Waals surface area contributed by atoms with Crippen molar-refractivity contribution >= 4 is 0 Å². The summed E-state index contributed by atoms with van der Waals surface area (Å²) in [6, 6.07) is 0. The monoisotopic (exact) mass is 652 g/mol. The molecule has 4 unspecified atom stereocenters. The van der Waals surface area contributed by atoms with Crippen molar-refractivity contribution < 1.29 is 71.7 Å². The number of aliphatic hydroxyl groups excluding tert-OH is 1. The number of rotatable bonds is 9. The number of methoxy groups -OCH3 is 3. The summed E-state index contributed by atoms with van der Waals surface area (Å²) >= 11 is 0. The van der Waals surface area contributed by atoms with Crippen molar-refractivity contribution in [1.82, 2.24) is 0 Å². The summed E-state index contributed by atoms with van der Waals surface area (Å²) in [7, 11) is 4.79. The maximum absolute atomic E-state index is 11.3. The Bertz CT molecular complexity index is 813. The number of hydrogen-bond donors (Lipinski definition) is 4. The molecule has 11 heteroatoms. The largest absolute Gasteiger partial charge is 0.668 e. The molecule has 0 aromatic heterocycles. The molecule has 40 heavy (non-hydrogen) atoms. The molecule has 0 amide bonds. The Kier molecular flexibility index (Phi) is 14.0. The van der Waals surface area contributed by atoms with Gasteiger partial charge in [-0.2, -0.15) is 0 Å². The molecule has 0 spiro atoms. The van der Waals surface area contributed by atoms with Gasteiger partial charge in [0.15, 0.2) is 0 Å². The second-order valence-corrected chi connectivity index (χ2v) is 13.2. The molecule has 0 aromatic rings. The molecule has 2 heterocycles. The first-order chi connectivity index (χ1) is 17.6. The van der Waals surface area contributed by atoms with E-state index in [1.807, 2.05) is 41.5 Å². The maximum atomic E-state index is 11.3. The molecule has 2 fully saturated rings. The number of aliphatic hydroxyl groups is 3. The fourth-order valence-corrected chi connectivity index (χ4v) is 6.78. The van der Waals surface area contributed by atoms with Gasteiger partial charge in [0, 0.05) is 64.9 Å². The summed E-state index contributed by atoms with van der Waals surface area (Å²) in [6.45, 7) is 19.4. The van der Waals surface area contributed by atoms with Crippen LogP contribution < -0.4 is 5.73 Å². The van der Waals surface area contributed by atoms with Gasteiger partial charge in [-0.25, -0.2) is 0 Å². The fourth-order valence-electron chi connectivity index (χ4n) is 6.78. The van der Waals surface area contributed by atoms with Gasteiger partial charge in [-0.1, -0.05) is 40.2 Å². The van der Waals surface area contributed by atoms with Crippen LogP contribution in [-0.2, 0) is 56.4 Å². The van der Waals surface area contributed by atoms with Gasteiger partial charge in [0.25, 0.3) is 0 Å². The van der Waals surface area contributed by atoms with Crippen LogP contribution in [0.5, 0.6) is 0 Å². The van der Waals surface area contributed by atoms with Crippen LogP contribution in [0.1, 0.15) is 82.1 Å². The molecule has 2 saturated heterocycles. The third-order valence-corrected chi connectivity index (χ3v) is 11.4. The minimum Gasteiger partial charge on any atom is -0.668 e. The smallest absolute Gasteiger partial charge is 0.102 e. The van der Waals surface area contributed by atoms with E-state index in [2.05, 4.69) is 0 Å². The Morgan fingerprint density at radius 1 is 0.725 bits per heavy atom. The van der Waals surface area contributed by atoms with Crippen molar-refractivity contribution in [3.8, 4) is 0 Å². The molecule has 2 aliphatic rings. The van der Waals surface area contributed by atoms with Crippen molar-refractivity contribution in [2.75, 3.05) is 47.8 Å². The molecule has 237 valence electrons. The molecule has 10 nitrogen and oxygen atoms in total. The molecule has 0 aliphatic carbocycles. The molecule has 2 rings (SSSR count). The van der Waals surface area contributed by atoms with Crippen molar-refractivity contribution in [2.45, 2.75) is 128 Å². The zero-order valence-electron chi connectivity index (χ0n) is 27.4. The zero-order valence-corrected chi connectivity index (χ0v) is 30.3. The van der Waals surface area contributed by atoms with Gasteiger partial charge in [-0.05, 0) is 47.5 Å². The first-order valence-corrected chi connectivity index (χ1v) is 14.0. The van der Waals surface area contributed by atoms with Crippen molar-refractivity contribution in [3.05, 3.63) is 5.73 Å². The average Bonchev–Trinajstić information content (AvgIpc) is 2.85. The Morgan fingerprint density at radius 3 is 1.50 bits per heavy atom. The summed E-state index contributed by atoms with van der Waals surface area (Å²) in [6.07, 6.45) is 0.337. The van der Waals surface area contributed by atoms with Gasteiger partial charge in [0.05, 0.1) is 60.5 Å². The average molecular weight is 653 g/mol. The van der Waals surface area contributed by atoms with Crippen molar-refractivity contribution in [3.63, 3.8) is 0 Å². The fraction of sp³-hybridized carbons (Fsp3) is 1.00. The van der Waals surface area contributed by atoms with Crippen LogP contribution in [0.2, 0.25) is 0 Å². The summed E-state index contributed by atoms with van der Waals surface area (Å²) in [5.74, 6) is 0. The van der Waals surface area contributed by atoms with E-state index in [0.29, 0.717) is 19.6 Å². The van der Waals surface area contributed by atoms with Gasteiger partial charge in [-0.3, -0.25) is 0 Å².